The van der Waals surface area contributed by atoms with Crippen LogP contribution in [0, 0.1) is 0 Å². The number of carbonyl (C=O) groups excluding carboxylic acids is 1. The van der Waals surface area contributed by atoms with Crippen LogP contribution in [0.2, 0.25) is 5.02 Å². The number of hydrogen-bond acceptors (Lipinski definition) is 3. The normalized spacial score (nSPS) is 14.7. The minimum Gasteiger partial charge on any atom is -0.326 e. The number of halogens is 1. The Morgan fingerprint density at radius 3 is 2.79 bits per heavy atom. The number of carbonyl (C=O) groups is 1. The van der Waals surface area contributed by atoms with Crippen molar-refractivity contribution in [1.82, 2.24) is 14.8 Å². The van der Waals surface area contributed by atoms with Crippen molar-refractivity contribution >= 4 is 23.2 Å². The lowest BCUT2D eigenvalue weighted by molar-refractivity contribution is -0.116. The molecule has 2 aromatic carbocycles. The molecule has 1 N–H and O–H groups in total. The van der Waals surface area contributed by atoms with Crippen LogP contribution in [0.5, 0.6) is 0 Å². The van der Waals surface area contributed by atoms with Gasteiger partial charge in [-0.3, -0.25) is 4.79 Å². The van der Waals surface area contributed by atoms with Crippen molar-refractivity contribution in [2.24, 2.45) is 0 Å². The van der Waals surface area contributed by atoms with Gasteiger partial charge in [0.05, 0.1) is 5.02 Å². The molecule has 1 amide bonds. The quantitative estimate of drug-likeness (QED) is 0.610. The Bertz CT molecular complexity index is 999. The molecule has 1 atom stereocenters. The van der Waals surface area contributed by atoms with Crippen LogP contribution in [-0.4, -0.2) is 20.7 Å². The summed E-state index contributed by atoms with van der Waals surface area (Å²) in [6, 6.07) is 15.6. The fourth-order valence-electron chi connectivity index (χ4n) is 3.85. The minimum atomic E-state index is -0.0188. The SMILES string of the molecule is CC(CC(=O)Nc1ccc(Cl)c(-c2nnc3n2CCCCC3)c1)c1ccccc1. The molecule has 1 aromatic heterocycles. The molecule has 1 aliphatic rings. The largest absolute Gasteiger partial charge is 0.326 e. The van der Waals surface area contributed by atoms with Crippen LogP contribution in [0.15, 0.2) is 48.5 Å². The third-order valence-corrected chi connectivity index (χ3v) is 5.79. The van der Waals surface area contributed by atoms with Crippen LogP contribution in [-0.2, 0) is 17.8 Å². The van der Waals surface area contributed by atoms with Crippen LogP contribution in [0.3, 0.4) is 0 Å². The zero-order valence-electron chi connectivity index (χ0n) is 16.6. The van der Waals surface area contributed by atoms with E-state index in [9.17, 15) is 4.79 Å². The van der Waals surface area contributed by atoms with Crippen molar-refractivity contribution in [1.29, 1.82) is 0 Å². The summed E-state index contributed by atoms with van der Waals surface area (Å²) in [7, 11) is 0. The first kappa shape index (κ1) is 19.6. The predicted molar refractivity (Wildman–Crippen MR) is 116 cm³/mol. The van der Waals surface area contributed by atoms with E-state index in [-0.39, 0.29) is 11.8 Å². The van der Waals surface area contributed by atoms with Crippen molar-refractivity contribution in [2.75, 3.05) is 5.32 Å². The van der Waals surface area contributed by atoms with Crippen molar-refractivity contribution in [3.05, 3.63) is 64.9 Å². The molecule has 0 saturated heterocycles. The second-order valence-electron chi connectivity index (χ2n) is 7.66. The summed E-state index contributed by atoms with van der Waals surface area (Å²) < 4.78 is 2.16. The number of aromatic nitrogens is 3. The summed E-state index contributed by atoms with van der Waals surface area (Å²) >= 11 is 6.48. The van der Waals surface area contributed by atoms with Gasteiger partial charge in [-0.2, -0.15) is 0 Å². The van der Waals surface area contributed by atoms with E-state index in [1.807, 2.05) is 36.4 Å². The lowest BCUT2D eigenvalue weighted by atomic mass is 9.97. The molecule has 0 bridgehead atoms. The first-order chi connectivity index (χ1) is 14.1. The summed E-state index contributed by atoms with van der Waals surface area (Å²) in [4.78, 5) is 12.6. The molecule has 0 saturated carbocycles. The number of hydrogen-bond donors (Lipinski definition) is 1. The number of anilines is 1. The van der Waals surface area contributed by atoms with E-state index in [1.54, 1.807) is 0 Å². The molecule has 0 fully saturated rings. The Morgan fingerprint density at radius 1 is 1.14 bits per heavy atom. The van der Waals surface area contributed by atoms with Crippen LogP contribution >= 0.6 is 11.6 Å². The number of benzene rings is 2. The number of nitrogens with zero attached hydrogens (tertiary/aromatic N) is 3. The van der Waals surface area contributed by atoms with E-state index in [4.69, 9.17) is 11.6 Å². The van der Waals surface area contributed by atoms with E-state index in [0.29, 0.717) is 11.4 Å². The van der Waals surface area contributed by atoms with Gasteiger partial charge in [-0.25, -0.2) is 0 Å². The third-order valence-electron chi connectivity index (χ3n) is 5.46. The highest BCUT2D eigenvalue weighted by molar-refractivity contribution is 6.33. The standard InChI is InChI=1S/C23H25ClN4O/c1-16(17-8-4-2-5-9-17)14-22(29)25-18-11-12-20(24)19(15-18)23-27-26-21-10-6-3-7-13-28(21)23/h2,4-5,8-9,11-12,15-16H,3,6-7,10,13-14H2,1H3,(H,25,29). The second-order valence-corrected chi connectivity index (χ2v) is 8.07. The lowest BCUT2D eigenvalue weighted by Crippen LogP contribution is -2.14. The summed E-state index contributed by atoms with van der Waals surface area (Å²) in [5, 5.41) is 12.4. The van der Waals surface area contributed by atoms with Crippen molar-refractivity contribution in [3.63, 3.8) is 0 Å². The summed E-state index contributed by atoms with van der Waals surface area (Å²) in [6.07, 6.45) is 4.82. The van der Waals surface area contributed by atoms with Crippen LogP contribution in [0.4, 0.5) is 5.69 Å². The molecule has 0 radical (unpaired) electrons. The molecular formula is C23H25ClN4O. The summed E-state index contributed by atoms with van der Waals surface area (Å²) in [5.74, 6) is 1.92. The van der Waals surface area contributed by atoms with Gasteiger partial charge in [-0.05, 0) is 42.5 Å². The zero-order chi connectivity index (χ0) is 20.2. The third kappa shape index (κ3) is 4.51. The van der Waals surface area contributed by atoms with Crippen LogP contribution in [0.1, 0.15) is 49.9 Å². The van der Waals surface area contributed by atoms with E-state index in [0.717, 1.165) is 54.3 Å². The highest BCUT2D eigenvalue weighted by Crippen LogP contribution is 2.31. The molecule has 5 nitrogen and oxygen atoms in total. The molecule has 1 aliphatic heterocycles. The molecule has 0 spiro atoms. The minimum absolute atomic E-state index is 0.0188. The van der Waals surface area contributed by atoms with Crippen molar-refractivity contribution in [3.8, 4) is 11.4 Å². The van der Waals surface area contributed by atoms with E-state index < -0.39 is 0 Å². The Morgan fingerprint density at radius 2 is 1.97 bits per heavy atom. The first-order valence-electron chi connectivity index (χ1n) is 10.2. The molecule has 0 aliphatic carbocycles. The lowest BCUT2D eigenvalue weighted by Gasteiger charge is -2.13. The molecule has 6 heteroatoms. The second kappa shape index (κ2) is 8.78. The monoisotopic (exact) mass is 408 g/mol. The molecule has 150 valence electrons. The Balaban J connectivity index is 1.52. The van der Waals surface area contributed by atoms with Crippen LogP contribution in [0.25, 0.3) is 11.4 Å². The average molecular weight is 409 g/mol. The topological polar surface area (TPSA) is 59.8 Å². The maximum absolute atomic E-state index is 12.6. The van der Waals surface area contributed by atoms with Gasteiger partial charge in [-0.15, -0.1) is 10.2 Å². The number of rotatable bonds is 5. The van der Waals surface area contributed by atoms with E-state index >= 15 is 0 Å². The molecular weight excluding hydrogens is 384 g/mol. The summed E-state index contributed by atoms with van der Waals surface area (Å²) in [6.45, 7) is 2.97. The highest BCUT2D eigenvalue weighted by Gasteiger charge is 2.19. The zero-order valence-corrected chi connectivity index (χ0v) is 17.3. The number of nitrogens with one attached hydrogen (secondary N) is 1. The van der Waals surface area contributed by atoms with Crippen molar-refractivity contribution in [2.45, 2.75) is 51.5 Å². The maximum Gasteiger partial charge on any atom is 0.224 e. The van der Waals surface area contributed by atoms with Crippen LogP contribution < -0.4 is 5.32 Å². The Labute approximate surface area is 176 Å². The average Bonchev–Trinajstić information content (AvgIpc) is 2.97. The molecule has 3 aromatic rings. The Kier molecular flexibility index (Phi) is 5.95. The fourth-order valence-corrected chi connectivity index (χ4v) is 4.05. The van der Waals surface area contributed by atoms with E-state index in [1.165, 1.54) is 6.42 Å². The Hall–Kier alpha value is -2.66. The highest BCUT2D eigenvalue weighted by atomic mass is 35.5. The smallest absolute Gasteiger partial charge is 0.224 e. The predicted octanol–water partition coefficient (Wildman–Crippen LogP) is 5.46. The van der Waals surface area contributed by atoms with Crippen molar-refractivity contribution < 1.29 is 4.79 Å². The van der Waals surface area contributed by atoms with Gasteiger partial charge in [0, 0.05) is 30.6 Å². The molecule has 4 rings (SSSR count). The van der Waals surface area contributed by atoms with Gasteiger partial charge in [0.1, 0.15) is 5.82 Å². The first-order valence-corrected chi connectivity index (χ1v) is 10.6. The molecule has 29 heavy (non-hydrogen) atoms. The summed E-state index contributed by atoms with van der Waals surface area (Å²) in [5.41, 5.74) is 2.69. The number of amides is 1. The molecule has 2 heterocycles. The van der Waals surface area contributed by atoms with Gasteiger partial charge in [-0.1, -0.05) is 55.3 Å². The van der Waals surface area contributed by atoms with Gasteiger partial charge in [0.2, 0.25) is 5.91 Å². The molecule has 1 unspecified atom stereocenters. The number of fused-ring (bicyclic) bond motifs is 1. The maximum atomic E-state index is 12.6. The fraction of sp³-hybridized carbons (Fsp3) is 0.348. The van der Waals surface area contributed by atoms with Gasteiger partial charge < -0.3 is 9.88 Å². The number of aryl methyl sites for hydroxylation is 1. The van der Waals surface area contributed by atoms with Gasteiger partial charge in [0.15, 0.2) is 5.82 Å². The van der Waals surface area contributed by atoms with Gasteiger partial charge >= 0.3 is 0 Å². The van der Waals surface area contributed by atoms with Gasteiger partial charge in [0.25, 0.3) is 0 Å². The van der Waals surface area contributed by atoms with E-state index in [2.05, 4.69) is 39.1 Å².